The van der Waals surface area contributed by atoms with Gasteiger partial charge in [-0.3, -0.25) is 0 Å². The molecule has 0 bridgehead atoms. The van der Waals surface area contributed by atoms with Crippen LogP contribution in [-0.2, 0) is 16.6 Å². The summed E-state index contributed by atoms with van der Waals surface area (Å²) in [5, 5.41) is 9.28. The largest absolute Gasteiger partial charge is 0.392 e. The number of aryl methyl sites for hydroxylation is 1. The van der Waals surface area contributed by atoms with Gasteiger partial charge in [-0.2, -0.15) is 4.31 Å². The van der Waals surface area contributed by atoms with E-state index in [2.05, 4.69) is 0 Å². The zero-order valence-corrected chi connectivity index (χ0v) is 14.0. The molecule has 0 aliphatic carbocycles. The van der Waals surface area contributed by atoms with Gasteiger partial charge in [-0.05, 0) is 56.9 Å². The highest BCUT2D eigenvalue weighted by atomic mass is 32.2. The Morgan fingerprint density at radius 2 is 1.80 bits per heavy atom. The monoisotopic (exact) mass is 299 g/mol. The second-order valence-electron chi connectivity index (χ2n) is 5.83. The van der Waals surface area contributed by atoms with Gasteiger partial charge >= 0.3 is 0 Å². The number of sulfonamides is 1. The highest BCUT2D eigenvalue weighted by molar-refractivity contribution is 7.89. The molecule has 1 rings (SSSR count). The number of hydrogen-bond acceptors (Lipinski definition) is 3. The van der Waals surface area contributed by atoms with Gasteiger partial charge in [-0.15, -0.1) is 0 Å². The Morgan fingerprint density at radius 1 is 1.25 bits per heavy atom. The molecule has 0 fully saturated rings. The number of hydrogen-bond donors (Lipinski definition) is 1. The van der Waals surface area contributed by atoms with Gasteiger partial charge in [0, 0.05) is 12.6 Å². The average molecular weight is 299 g/mol. The third-order valence-electron chi connectivity index (χ3n) is 4.22. The fourth-order valence-corrected chi connectivity index (χ4v) is 3.88. The van der Waals surface area contributed by atoms with Crippen LogP contribution in [0, 0.1) is 13.8 Å². The molecule has 0 aliphatic rings. The Hall–Kier alpha value is -0.910. The summed E-state index contributed by atoms with van der Waals surface area (Å²) < 4.78 is 27.1. The maximum atomic E-state index is 12.8. The molecule has 0 atom stereocenters. The van der Waals surface area contributed by atoms with Crippen LogP contribution in [0.3, 0.4) is 0 Å². The summed E-state index contributed by atoms with van der Waals surface area (Å²) in [6.45, 7) is 9.28. The highest BCUT2D eigenvalue weighted by Gasteiger charge is 2.33. The summed E-state index contributed by atoms with van der Waals surface area (Å²) in [7, 11) is -1.96. The molecule has 4 nitrogen and oxygen atoms in total. The van der Waals surface area contributed by atoms with Crippen molar-refractivity contribution in [3.05, 3.63) is 28.8 Å². The standard InChI is InChI=1S/C15H25NO3S/c1-7-15(4,5)16(6)20(18,19)14-9-13(10-17)8-11(2)12(14)3/h8-9,17H,7,10H2,1-6H3. The van der Waals surface area contributed by atoms with Crippen LogP contribution in [0.4, 0.5) is 0 Å². The Bertz CT molecular complexity index is 591. The Labute approximate surface area is 122 Å². The molecular formula is C15H25NO3S. The van der Waals surface area contributed by atoms with Crippen molar-refractivity contribution < 1.29 is 13.5 Å². The number of aliphatic hydroxyl groups excluding tert-OH is 1. The summed E-state index contributed by atoms with van der Waals surface area (Å²) in [5.74, 6) is 0. The van der Waals surface area contributed by atoms with Crippen molar-refractivity contribution in [3.63, 3.8) is 0 Å². The van der Waals surface area contributed by atoms with E-state index in [0.29, 0.717) is 5.56 Å². The number of rotatable bonds is 5. The molecule has 1 aromatic rings. The minimum Gasteiger partial charge on any atom is -0.392 e. The maximum Gasteiger partial charge on any atom is 0.243 e. The summed E-state index contributed by atoms with van der Waals surface area (Å²) in [4.78, 5) is 0.283. The zero-order chi connectivity index (χ0) is 15.7. The van der Waals surface area contributed by atoms with E-state index in [1.165, 1.54) is 4.31 Å². The fraction of sp³-hybridized carbons (Fsp3) is 0.600. The van der Waals surface area contributed by atoms with Crippen LogP contribution in [0.25, 0.3) is 0 Å². The third-order valence-corrected chi connectivity index (χ3v) is 6.41. The van der Waals surface area contributed by atoms with Crippen LogP contribution < -0.4 is 0 Å². The van der Waals surface area contributed by atoms with Crippen LogP contribution in [-0.4, -0.2) is 30.4 Å². The average Bonchev–Trinajstić information content (AvgIpc) is 2.40. The van der Waals surface area contributed by atoms with Crippen LogP contribution in [0.5, 0.6) is 0 Å². The van der Waals surface area contributed by atoms with Crippen molar-refractivity contribution in [1.82, 2.24) is 4.31 Å². The van der Waals surface area contributed by atoms with E-state index in [1.54, 1.807) is 20.0 Å². The molecular weight excluding hydrogens is 274 g/mol. The van der Waals surface area contributed by atoms with E-state index < -0.39 is 15.6 Å². The van der Waals surface area contributed by atoms with Gasteiger partial charge in [-0.1, -0.05) is 13.0 Å². The lowest BCUT2D eigenvalue weighted by Gasteiger charge is -2.34. The van der Waals surface area contributed by atoms with E-state index in [1.807, 2.05) is 33.8 Å². The van der Waals surface area contributed by atoms with Crippen molar-refractivity contribution in [3.8, 4) is 0 Å². The normalized spacial score (nSPS) is 13.0. The predicted octanol–water partition coefficient (Wildman–Crippen LogP) is 2.60. The summed E-state index contributed by atoms with van der Waals surface area (Å²) in [6.07, 6.45) is 0.723. The van der Waals surface area contributed by atoms with Crippen LogP contribution in [0.1, 0.15) is 43.9 Å². The lowest BCUT2D eigenvalue weighted by atomic mass is 10.0. The van der Waals surface area contributed by atoms with Crippen LogP contribution in [0.15, 0.2) is 17.0 Å². The number of nitrogens with zero attached hydrogens (tertiary/aromatic N) is 1. The molecule has 0 heterocycles. The molecule has 0 amide bonds. The topological polar surface area (TPSA) is 57.6 Å². The molecule has 20 heavy (non-hydrogen) atoms. The first-order chi connectivity index (χ1) is 9.07. The first-order valence-corrected chi connectivity index (χ1v) is 8.22. The summed E-state index contributed by atoms with van der Waals surface area (Å²) in [6, 6.07) is 3.39. The van der Waals surface area contributed by atoms with E-state index in [4.69, 9.17) is 0 Å². The van der Waals surface area contributed by atoms with Gasteiger partial charge in [0.15, 0.2) is 0 Å². The van der Waals surface area contributed by atoms with Crippen molar-refractivity contribution in [1.29, 1.82) is 0 Å². The van der Waals surface area contributed by atoms with Crippen molar-refractivity contribution in [2.75, 3.05) is 7.05 Å². The Balaban J connectivity index is 3.47. The Kier molecular flexibility index (Phi) is 5.00. The molecule has 0 radical (unpaired) electrons. The van der Waals surface area contributed by atoms with E-state index in [-0.39, 0.29) is 11.5 Å². The smallest absolute Gasteiger partial charge is 0.243 e. The molecule has 0 saturated heterocycles. The summed E-state index contributed by atoms with van der Waals surface area (Å²) in [5.41, 5.74) is 1.78. The second kappa shape index (κ2) is 5.84. The zero-order valence-electron chi connectivity index (χ0n) is 13.2. The molecule has 0 aliphatic heterocycles. The quantitative estimate of drug-likeness (QED) is 0.909. The first kappa shape index (κ1) is 17.1. The summed E-state index contributed by atoms with van der Waals surface area (Å²) >= 11 is 0. The van der Waals surface area contributed by atoms with Gasteiger partial charge in [0.05, 0.1) is 11.5 Å². The van der Waals surface area contributed by atoms with Gasteiger partial charge in [-0.25, -0.2) is 8.42 Å². The molecule has 0 saturated carbocycles. The van der Waals surface area contributed by atoms with Crippen LogP contribution >= 0.6 is 0 Å². The second-order valence-corrected chi connectivity index (χ2v) is 7.77. The van der Waals surface area contributed by atoms with E-state index in [9.17, 15) is 13.5 Å². The number of aliphatic hydroxyl groups is 1. The van der Waals surface area contributed by atoms with Gasteiger partial charge in [0.2, 0.25) is 10.0 Å². The molecule has 1 N–H and O–H groups in total. The van der Waals surface area contributed by atoms with E-state index in [0.717, 1.165) is 17.5 Å². The Morgan fingerprint density at radius 3 is 2.25 bits per heavy atom. The molecule has 5 heteroatoms. The third kappa shape index (κ3) is 3.05. The molecule has 0 unspecified atom stereocenters. The molecule has 0 spiro atoms. The van der Waals surface area contributed by atoms with Crippen molar-refractivity contribution in [2.45, 2.75) is 58.1 Å². The first-order valence-electron chi connectivity index (χ1n) is 6.78. The molecule has 0 aromatic heterocycles. The minimum absolute atomic E-state index is 0.162. The number of benzene rings is 1. The van der Waals surface area contributed by atoms with Crippen molar-refractivity contribution in [2.24, 2.45) is 0 Å². The van der Waals surface area contributed by atoms with Crippen molar-refractivity contribution >= 4 is 10.0 Å². The molecule has 1 aromatic carbocycles. The highest BCUT2D eigenvalue weighted by Crippen LogP contribution is 2.29. The lowest BCUT2D eigenvalue weighted by molar-refractivity contribution is 0.257. The molecule has 114 valence electrons. The minimum atomic E-state index is -3.57. The van der Waals surface area contributed by atoms with E-state index >= 15 is 0 Å². The van der Waals surface area contributed by atoms with Gasteiger partial charge < -0.3 is 5.11 Å². The predicted molar refractivity (Wildman–Crippen MR) is 81.2 cm³/mol. The fourth-order valence-electron chi connectivity index (χ4n) is 1.95. The van der Waals surface area contributed by atoms with Crippen LogP contribution in [0.2, 0.25) is 0 Å². The van der Waals surface area contributed by atoms with Gasteiger partial charge in [0.25, 0.3) is 0 Å². The van der Waals surface area contributed by atoms with Gasteiger partial charge in [0.1, 0.15) is 0 Å². The lowest BCUT2D eigenvalue weighted by Crippen LogP contribution is -2.44. The SMILES string of the molecule is CCC(C)(C)N(C)S(=O)(=O)c1cc(CO)cc(C)c1C. The maximum absolute atomic E-state index is 12.8.